The minimum atomic E-state index is -0.168. The SMILES string of the molecule is CCOc1ccc(CN(C)C)cc1[C@H](N)CN. The third kappa shape index (κ3) is 4.00. The summed E-state index contributed by atoms with van der Waals surface area (Å²) in [4.78, 5) is 2.12. The van der Waals surface area contributed by atoms with Gasteiger partial charge in [-0.2, -0.15) is 0 Å². The first-order valence-corrected chi connectivity index (χ1v) is 5.94. The third-order valence-corrected chi connectivity index (χ3v) is 2.53. The number of benzene rings is 1. The third-order valence-electron chi connectivity index (χ3n) is 2.53. The lowest BCUT2D eigenvalue weighted by molar-refractivity contribution is 0.333. The summed E-state index contributed by atoms with van der Waals surface area (Å²) in [6.45, 7) is 3.91. The van der Waals surface area contributed by atoms with E-state index in [1.54, 1.807) is 0 Å². The monoisotopic (exact) mass is 237 g/mol. The van der Waals surface area contributed by atoms with Crippen molar-refractivity contribution in [3.63, 3.8) is 0 Å². The quantitative estimate of drug-likeness (QED) is 0.778. The van der Waals surface area contributed by atoms with Gasteiger partial charge in [0.2, 0.25) is 0 Å². The van der Waals surface area contributed by atoms with E-state index in [0.29, 0.717) is 13.2 Å². The van der Waals surface area contributed by atoms with E-state index in [9.17, 15) is 0 Å². The van der Waals surface area contributed by atoms with E-state index in [1.165, 1.54) is 5.56 Å². The second-order valence-corrected chi connectivity index (χ2v) is 4.39. The van der Waals surface area contributed by atoms with Crippen LogP contribution in [0.3, 0.4) is 0 Å². The summed E-state index contributed by atoms with van der Waals surface area (Å²) < 4.78 is 5.57. The Morgan fingerprint density at radius 3 is 2.59 bits per heavy atom. The Bertz CT molecular complexity index is 353. The number of ether oxygens (including phenoxy) is 1. The van der Waals surface area contributed by atoms with E-state index in [2.05, 4.69) is 17.0 Å². The Morgan fingerprint density at radius 1 is 1.35 bits per heavy atom. The first-order chi connectivity index (χ1) is 8.08. The molecule has 0 fully saturated rings. The van der Waals surface area contributed by atoms with E-state index in [-0.39, 0.29) is 6.04 Å². The lowest BCUT2D eigenvalue weighted by Crippen LogP contribution is -2.22. The van der Waals surface area contributed by atoms with Crippen LogP contribution in [-0.2, 0) is 6.54 Å². The Labute approximate surface area is 104 Å². The van der Waals surface area contributed by atoms with Crippen LogP contribution in [0.2, 0.25) is 0 Å². The molecule has 1 rings (SSSR count). The summed E-state index contributed by atoms with van der Waals surface area (Å²) in [5.41, 5.74) is 13.8. The average Bonchev–Trinajstić information content (AvgIpc) is 2.29. The van der Waals surface area contributed by atoms with E-state index >= 15 is 0 Å². The molecule has 0 unspecified atom stereocenters. The van der Waals surface area contributed by atoms with Gasteiger partial charge in [-0.05, 0) is 38.7 Å². The van der Waals surface area contributed by atoms with Gasteiger partial charge in [0.05, 0.1) is 6.61 Å². The highest BCUT2D eigenvalue weighted by Gasteiger charge is 2.11. The zero-order chi connectivity index (χ0) is 12.8. The van der Waals surface area contributed by atoms with E-state index in [4.69, 9.17) is 16.2 Å². The Kier molecular flexibility index (Phi) is 5.41. The molecule has 0 aliphatic rings. The number of nitrogens with two attached hydrogens (primary N) is 2. The zero-order valence-corrected chi connectivity index (χ0v) is 10.9. The molecule has 0 aliphatic carbocycles. The lowest BCUT2D eigenvalue weighted by atomic mass is 10.0. The van der Waals surface area contributed by atoms with Gasteiger partial charge in [-0.15, -0.1) is 0 Å². The molecule has 0 spiro atoms. The first kappa shape index (κ1) is 14.0. The topological polar surface area (TPSA) is 64.5 Å². The fourth-order valence-corrected chi connectivity index (χ4v) is 1.77. The largest absolute Gasteiger partial charge is 0.494 e. The highest BCUT2D eigenvalue weighted by molar-refractivity contribution is 5.39. The minimum Gasteiger partial charge on any atom is -0.494 e. The molecule has 0 bridgehead atoms. The highest BCUT2D eigenvalue weighted by Crippen LogP contribution is 2.25. The summed E-state index contributed by atoms with van der Waals surface area (Å²) >= 11 is 0. The van der Waals surface area contributed by atoms with Gasteiger partial charge in [-0.1, -0.05) is 6.07 Å². The van der Waals surface area contributed by atoms with Gasteiger partial charge in [0, 0.05) is 24.7 Å². The Hall–Kier alpha value is -1.10. The van der Waals surface area contributed by atoms with E-state index in [1.807, 2.05) is 27.1 Å². The van der Waals surface area contributed by atoms with Crippen molar-refractivity contribution < 1.29 is 4.74 Å². The van der Waals surface area contributed by atoms with Crippen LogP contribution in [0.5, 0.6) is 5.75 Å². The molecule has 0 amide bonds. The maximum absolute atomic E-state index is 6.01. The number of rotatable bonds is 6. The zero-order valence-electron chi connectivity index (χ0n) is 10.9. The summed E-state index contributed by atoms with van der Waals surface area (Å²) in [6.07, 6.45) is 0. The van der Waals surface area contributed by atoms with Gasteiger partial charge in [-0.25, -0.2) is 0 Å². The minimum absolute atomic E-state index is 0.168. The van der Waals surface area contributed by atoms with Gasteiger partial charge < -0.3 is 21.1 Å². The fraction of sp³-hybridized carbons (Fsp3) is 0.538. The van der Waals surface area contributed by atoms with Crippen molar-refractivity contribution in [3.8, 4) is 5.75 Å². The normalized spacial score (nSPS) is 12.8. The molecular weight excluding hydrogens is 214 g/mol. The molecule has 4 N–H and O–H groups in total. The molecule has 17 heavy (non-hydrogen) atoms. The van der Waals surface area contributed by atoms with Crippen LogP contribution in [0.25, 0.3) is 0 Å². The van der Waals surface area contributed by atoms with Gasteiger partial charge in [0.15, 0.2) is 0 Å². The molecule has 0 aromatic heterocycles. The second kappa shape index (κ2) is 6.59. The van der Waals surface area contributed by atoms with Crippen molar-refractivity contribution in [2.24, 2.45) is 11.5 Å². The molecule has 0 radical (unpaired) electrons. The van der Waals surface area contributed by atoms with Crippen molar-refractivity contribution in [3.05, 3.63) is 29.3 Å². The van der Waals surface area contributed by atoms with Crippen LogP contribution in [0, 0.1) is 0 Å². The van der Waals surface area contributed by atoms with Crippen LogP contribution in [-0.4, -0.2) is 32.1 Å². The molecule has 0 saturated heterocycles. The Balaban J connectivity index is 3.00. The molecule has 4 nitrogen and oxygen atoms in total. The van der Waals surface area contributed by atoms with E-state index < -0.39 is 0 Å². The number of hydrogen-bond acceptors (Lipinski definition) is 4. The fourth-order valence-electron chi connectivity index (χ4n) is 1.77. The standard InChI is InChI=1S/C13H23N3O/c1-4-17-13-6-5-10(9-16(2)3)7-11(13)12(15)8-14/h5-7,12H,4,8-9,14-15H2,1-3H3/t12-/m1/s1. The second-order valence-electron chi connectivity index (χ2n) is 4.39. The van der Waals surface area contributed by atoms with Crippen molar-refractivity contribution in [1.82, 2.24) is 4.90 Å². The van der Waals surface area contributed by atoms with Gasteiger partial charge in [-0.3, -0.25) is 0 Å². The lowest BCUT2D eigenvalue weighted by Gasteiger charge is -2.18. The van der Waals surface area contributed by atoms with Crippen molar-refractivity contribution in [1.29, 1.82) is 0 Å². The molecule has 0 heterocycles. The van der Waals surface area contributed by atoms with Crippen LogP contribution in [0.15, 0.2) is 18.2 Å². The maximum atomic E-state index is 6.01. The summed E-state index contributed by atoms with van der Waals surface area (Å²) in [7, 11) is 4.08. The molecule has 1 atom stereocenters. The predicted molar refractivity (Wildman–Crippen MR) is 71.0 cm³/mol. The number of nitrogens with zero attached hydrogens (tertiary/aromatic N) is 1. The number of hydrogen-bond donors (Lipinski definition) is 2. The van der Waals surface area contributed by atoms with Crippen LogP contribution >= 0.6 is 0 Å². The van der Waals surface area contributed by atoms with Crippen LogP contribution in [0.1, 0.15) is 24.1 Å². The average molecular weight is 237 g/mol. The van der Waals surface area contributed by atoms with Crippen molar-refractivity contribution >= 4 is 0 Å². The molecule has 96 valence electrons. The van der Waals surface area contributed by atoms with Crippen molar-refractivity contribution in [2.45, 2.75) is 19.5 Å². The van der Waals surface area contributed by atoms with Crippen LogP contribution in [0.4, 0.5) is 0 Å². The molecule has 0 saturated carbocycles. The molecule has 1 aromatic rings. The molecule has 1 aromatic carbocycles. The van der Waals surface area contributed by atoms with Gasteiger partial charge in [0.25, 0.3) is 0 Å². The van der Waals surface area contributed by atoms with Gasteiger partial charge >= 0.3 is 0 Å². The van der Waals surface area contributed by atoms with E-state index in [0.717, 1.165) is 17.9 Å². The maximum Gasteiger partial charge on any atom is 0.124 e. The predicted octanol–water partition coefficient (Wildman–Crippen LogP) is 1.11. The summed E-state index contributed by atoms with van der Waals surface area (Å²) in [5, 5.41) is 0. The Morgan fingerprint density at radius 2 is 2.06 bits per heavy atom. The first-order valence-electron chi connectivity index (χ1n) is 5.94. The van der Waals surface area contributed by atoms with Gasteiger partial charge in [0.1, 0.15) is 5.75 Å². The summed E-state index contributed by atoms with van der Waals surface area (Å²) in [6, 6.07) is 5.96. The van der Waals surface area contributed by atoms with Crippen molar-refractivity contribution in [2.75, 3.05) is 27.2 Å². The molecule has 0 aliphatic heterocycles. The molecule has 4 heteroatoms. The summed E-state index contributed by atoms with van der Waals surface area (Å²) in [5.74, 6) is 0.841. The highest BCUT2D eigenvalue weighted by atomic mass is 16.5. The smallest absolute Gasteiger partial charge is 0.124 e. The van der Waals surface area contributed by atoms with Crippen LogP contribution < -0.4 is 16.2 Å². The molecular formula is C13H23N3O.